The Morgan fingerprint density at radius 3 is 3.03 bits per heavy atom. The zero-order valence-corrected chi connectivity index (χ0v) is 21.3. The molecule has 2 aromatic rings. The third-order valence-corrected chi connectivity index (χ3v) is 7.60. The van der Waals surface area contributed by atoms with Crippen LogP contribution in [0, 0.1) is 5.82 Å². The number of unbranched alkanes of at least 4 members (excludes halogenated alkanes) is 1. The van der Waals surface area contributed by atoms with Crippen molar-refractivity contribution in [1.29, 1.82) is 0 Å². The minimum absolute atomic E-state index is 0.0381. The van der Waals surface area contributed by atoms with E-state index in [1.54, 1.807) is 0 Å². The molecule has 8 nitrogen and oxygen atoms in total. The van der Waals surface area contributed by atoms with Crippen LogP contribution in [0.5, 0.6) is 0 Å². The number of nitrogens with one attached hydrogen (secondary N) is 1. The van der Waals surface area contributed by atoms with E-state index in [9.17, 15) is 14.3 Å². The number of aliphatic carboxylic acids is 1. The second-order valence-corrected chi connectivity index (χ2v) is 10.3. The van der Waals surface area contributed by atoms with Crippen LogP contribution in [0.1, 0.15) is 79.6 Å². The molecule has 3 aliphatic heterocycles. The minimum atomic E-state index is -1.00. The second-order valence-electron chi connectivity index (χ2n) is 10.3. The standard InChI is InChI=1S/C28H37FN4O4/c29-20-16-23(25(31-17-20)24-8-2-4-15-37-24)26(28(34)35)33-13-11-22(18-33)36-14-3-1-7-21-10-9-19-6-5-12-30-27(19)32-21/h9-10,16-17,22,24,26H,1-8,11-15,18H2,(H,30,32)(H,34,35)/t22-,24+,26?/m1/s1. The first-order valence-electron chi connectivity index (χ1n) is 13.7. The van der Waals surface area contributed by atoms with E-state index in [1.807, 2.05) is 4.90 Å². The summed E-state index contributed by atoms with van der Waals surface area (Å²) >= 11 is 0. The van der Waals surface area contributed by atoms with Crippen molar-refractivity contribution in [1.82, 2.24) is 14.9 Å². The van der Waals surface area contributed by atoms with Crippen molar-refractivity contribution in [3.63, 3.8) is 0 Å². The Hall–Kier alpha value is -2.62. The Kier molecular flexibility index (Phi) is 8.63. The monoisotopic (exact) mass is 512 g/mol. The molecule has 200 valence electrons. The van der Waals surface area contributed by atoms with Crippen molar-refractivity contribution in [3.8, 4) is 0 Å². The molecule has 37 heavy (non-hydrogen) atoms. The number of likely N-dealkylation sites (tertiary alicyclic amines) is 1. The maximum absolute atomic E-state index is 14.2. The van der Waals surface area contributed by atoms with Gasteiger partial charge in [0.15, 0.2) is 0 Å². The van der Waals surface area contributed by atoms with Gasteiger partial charge < -0.3 is 19.9 Å². The van der Waals surface area contributed by atoms with Gasteiger partial charge in [0.25, 0.3) is 0 Å². The van der Waals surface area contributed by atoms with E-state index in [1.165, 1.54) is 11.6 Å². The van der Waals surface area contributed by atoms with Gasteiger partial charge in [-0.2, -0.15) is 0 Å². The van der Waals surface area contributed by atoms with E-state index in [2.05, 4.69) is 22.4 Å². The molecule has 2 fully saturated rings. The van der Waals surface area contributed by atoms with E-state index < -0.39 is 17.8 Å². The van der Waals surface area contributed by atoms with Crippen molar-refractivity contribution in [2.75, 3.05) is 38.2 Å². The van der Waals surface area contributed by atoms with Gasteiger partial charge in [-0.05, 0) is 75.5 Å². The van der Waals surface area contributed by atoms with Gasteiger partial charge in [0.1, 0.15) is 17.7 Å². The van der Waals surface area contributed by atoms with Crippen molar-refractivity contribution >= 4 is 11.8 Å². The van der Waals surface area contributed by atoms with E-state index in [0.717, 1.165) is 82.0 Å². The predicted molar refractivity (Wildman–Crippen MR) is 137 cm³/mol. The van der Waals surface area contributed by atoms with E-state index in [0.29, 0.717) is 37.6 Å². The summed E-state index contributed by atoms with van der Waals surface area (Å²) in [7, 11) is 0. The number of hydrogen-bond acceptors (Lipinski definition) is 7. The molecule has 0 bridgehead atoms. The van der Waals surface area contributed by atoms with E-state index in [-0.39, 0.29) is 12.2 Å². The molecule has 1 unspecified atom stereocenters. The number of ether oxygens (including phenoxy) is 2. The molecule has 3 aliphatic rings. The minimum Gasteiger partial charge on any atom is -0.480 e. The third kappa shape index (κ3) is 6.45. The average molecular weight is 513 g/mol. The molecule has 0 saturated carbocycles. The van der Waals surface area contributed by atoms with Crippen LogP contribution in [0.2, 0.25) is 0 Å². The van der Waals surface area contributed by atoms with Crippen molar-refractivity contribution in [3.05, 3.63) is 52.7 Å². The summed E-state index contributed by atoms with van der Waals surface area (Å²) in [5.41, 5.74) is 3.35. The summed E-state index contributed by atoms with van der Waals surface area (Å²) in [6.45, 7) is 3.30. The third-order valence-electron chi connectivity index (χ3n) is 7.60. The molecule has 2 saturated heterocycles. The highest BCUT2D eigenvalue weighted by molar-refractivity contribution is 5.76. The SMILES string of the molecule is O=C(O)C(c1cc(F)cnc1[C@@H]1CCCCO1)N1CC[C@@H](OCCCCc2ccc3c(n2)NCCC3)C1. The molecule has 9 heteroatoms. The van der Waals surface area contributed by atoms with Gasteiger partial charge in [-0.3, -0.25) is 14.7 Å². The summed E-state index contributed by atoms with van der Waals surface area (Å²) in [6, 6.07) is 4.66. The van der Waals surface area contributed by atoms with Gasteiger partial charge in [0.05, 0.1) is 24.1 Å². The van der Waals surface area contributed by atoms with Gasteiger partial charge in [-0.1, -0.05) is 6.07 Å². The fraction of sp³-hybridized carbons (Fsp3) is 0.607. The Morgan fingerprint density at radius 1 is 1.27 bits per heavy atom. The maximum atomic E-state index is 14.2. The number of carboxylic acids is 1. The maximum Gasteiger partial charge on any atom is 0.325 e. The highest BCUT2D eigenvalue weighted by Crippen LogP contribution is 2.35. The highest BCUT2D eigenvalue weighted by Gasteiger charge is 2.37. The quantitative estimate of drug-likeness (QED) is 0.451. The first kappa shape index (κ1) is 26.0. The van der Waals surface area contributed by atoms with E-state index in [4.69, 9.17) is 14.5 Å². The Bertz CT molecular complexity index is 1080. The highest BCUT2D eigenvalue weighted by atomic mass is 19.1. The van der Waals surface area contributed by atoms with Gasteiger partial charge in [-0.15, -0.1) is 0 Å². The number of carboxylic acid groups (broad SMARTS) is 1. The average Bonchev–Trinajstić information content (AvgIpc) is 3.37. The molecule has 2 aromatic heterocycles. The van der Waals surface area contributed by atoms with Crippen molar-refractivity contribution in [2.24, 2.45) is 0 Å². The topological polar surface area (TPSA) is 96.8 Å². The van der Waals surface area contributed by atoms with Gasteiger partial charge >= 0.3 is 5.97 Å². The van der Waals surface area contributed by atoms with Crippen LogP contribution in [-0.4, -0.2) is 64.9 Å². The number of fused-ring (bicyclic) bond motifs is 1. The Morgan fingerprint density at radius 2 is 2.19 bits per heavy atom. The number of pyridine rings is 2. The molecule has 0 radical (unpaired) electrons. The number of rotatable bonds is 10. The molecule has 5 heterocycles. The van der Waals surface area contributed by atoms with Crippen LogP contribution in [0.15, 0.2) is 24.4 Å². The Balaban J connectivity index is 1.13. The first-order chi connectivity index (χ1) is 18.1. The summed E-state index contributed by atoms with van der Waals surface area (Å²) in [5.74, 6) is -0.500. The summed E-state index contributed by atoms with van der Waals surface area (Å²) in [4.78, 5) is 23.3. The number of halogens is 1. The lowest BCUT2D eigenvalue weighted by Gasteiger charge is -2.29. The van der Waals surface area contributed by atoms with E-state index >= 15 is 0 Å². The summed E-state index contributed by atoms with van der Waals surface area (Å²) in [5, 5.41) is 13.5. The molecular weight excluding hydrogens is 475 g/mol. The fourth-order valence-corrected chi connectivity index (χ4v) is 5.69. The zero-order chi connectivity index (χ0) is 25.6. The summed E-state index contributed by atoms with van der Waals surface area (Å²) < 4.78 is 26.2. The molecule has 0 amide bonds. The molecule has 5 rings (SSSR count). The largest absolute Gasteiger partial charge is 0.480 e. The van der Waals surface area contributed by atoms with Gasteiger partial charge in [-0.25, -0.2) is 9.37 Å². The lowest BCUT2D eigenvalue weighted by atomic mass is 9.96. The predicted octanol–water partition coefficient (Wildman–Crippen LogP) is 4.45. The van der Waals surface area contributed by atoms with Crippen molar-refractivity contribution < 1.29 is 23.8 Å². The van der Waals surface area contributed by atoms with Gasteiger partial charge in [0.2, 0.25) is 0 Å². The summed E-state index contributed by atoms with van der Waals surface area (Å²) in [6.07, 6.45) is 9.37. The van der Waals surface area contributed by atoms with Crippen molar-refractivity contribution in [2.45, 2.75) is 76.0 Å². The first-order valence-corrected chi connectivity index (χ1v) is 13.7. The molecule has 0 aliphatic carbocycles. The molecule has 3 atom stereocenters. The smallest absolute Gasteiger partial charge is 0.325 e. The number of aryl methyl sites for hydroxylation is 2. The van der Waals surface area contributed by atoms with Crippen LogP contribution in [-0.2, 0) is 27.1 Å². The lowest BCUT2D eigenvalue weighted by molar-refractivity contribution is -0.143. The number of anilines is 1. The lowest BCUT2D eigenvalue weighted by Crippen LogP contribution is -2.35. The van der Waals surface area contributed by atoms with Crippen LogP contribution in [0.4, 0.5) is 10.2 Å². The van der Waals surface area contributed by atoms with Crippen LogP contribution < -0.4 is 5.32 Å². The number of aromatic nitrogens is 2. The molecule has 2 N–H and O–H groups in total. The normalized spacial score (nSPS) is 22.8. The number of hydrogen-bond donors (Lipinski definition) is 2. The number of nitrogens with zero attached hydrogens (tertiary/aromatic N) is 3. The van der Waals surface area contributed by atoms with Gasteiger partial charge in [0, 0.05) is 44.1 Å². The fourth-order valence-electron chi connectivity index (χ4n) is 5.69. The van der Waals surface area contributed by atoms with Crippen LogP contribution in [0.25, 0.3) is 0 Å². The molecule has 0 aromatic carbocycles. The van der Waals surface area contributed by atoms with Crippen LogP contribution >= 0.6 is 0 Å². The number of carbonyl (C=O) groups is 1. The second kappa shape index (κ2) is 12.3. The molecular formula is C28H37FN4O4. The van der Waals surface area contributed by atoms with Crippen LogP contribution in [0.3, 0.4) is 0 Å². The molecule has 0 spiro atoms. The Labute approximate surface area is 217 Å². The zero-order valence-electron chi connectivity index (χ0n) is 21.3.